The number of benzene rings is 1. The van der Waals surface area contributed by atoms with Crippen LogP contribution in [0.1, 0.15) is 16.1 Å². The summed E-state index contributed by atoms with van der Waals surface area (Å²) in [7, 11) is 0. The van der Waals surface area contributed by atoms with Gasteiger partial charge in [0, 0.05) is 16.9 Å². The van der Waals surface area contributed by atoms with Crippen molar-refractivity contribution in [3.63, 3.8) is 0 Å². The molecule has 1 heterocycles. The van der Waals surface area contributed by atoms with Crippen LogP contribution in [0, 0.1) is 18.6 Å². The fourth-order valence-corrected chi connectivity index (χ4v) is 2.53. The van der Waals surface area contributed by atoms with Crippen molar-refractivity contribution in [3.8, 4) is 5.75 Å². The van der Waals surface area contributed by atoms with Gasteiger partial charge in [-0.2, -0.15) is 0 Å². The zero-order valence-corrected chi connectivity index (χ0v) is 12.3. The third kappa shape index (κ3) is 3.29. The van der Waals surface area contributed by atoms with Gasteiger partial charge in [-0.25, -0.2) is 13.8 Å². The maximum Gasteiger partial charge on any atom is 0.190 e. The Bertz CT molecular complexity index is 620. The zero-order chi connectivity index (χ0) is 14.7. The van der Waals surface area contributed by atoms with Gasteiger partial charge in [0.2, 0.25) is 0 Å². The highest BCUT2D eigenvalue weighted by atomic mass is 32.1. The molecular formula is C13H12F2N2OS2. The second-order valence-corrected chi connectivity index (χ2v) is 5.47. The number of halogens is 2. The molecular weight excluding hydrogens is 302 g/mol. The molecule has 106 valence electrons. The van der Waals surface area contributed by atoms with Gasteiger partial charge < -0.3 is 10.5 Å². The van der Waals surface area contributed by atoms with Crippen molar-refractivity contribution in [3.05, 3.63) is 45.4 Å². The minimum absolute atomic E-state index is 0.0605. The van der Waals surface area contributed by atoms with E-state index in [-0.39, 0.29) is 17.2 Å². The molecule has 0 atom stereocenters. The van der Waals surface area contributed by atoms with Crippen molar-refractivity contribution in [2.45, 2.75) is 13.3 Å². The third-order valence-electron chi connectivity index (χ3n) is 2.70. The lowest BCUT2D eigenvalue weighted by molar-refractivity contribution is 0.289. The minimum Gasteiger partial charge on any atom is -0.487 e. The number of hydrogen-bond donors (Lipinski definition) is 1. The Balaban J connectivity index is 2.06. The summed E-state index contributed by atoms with van der Waals surface area (Å²) in [5.74, 6) is -2.03. The first-order valence-corrected chi connectivity index (χ1v) is 7.08. The van der Waals surface area contributed by atoms with Crippen molar-refractivity contribution < 1.29 is 13.5 Å². The lowest BCUT2D eigenvalue weighted by Crippen LogP contribution is -2.11. The van der Waals surface area contributed by atoms with Crippen molar-refractivity contribution in [1.29, 1.82) is 0 Å². The van der Waals surface area contributed by atoms with Crippen molar-refractivity contribution in [1.82, 2.24) is 4.98 Å². The van der Waals surface area contributed by atoms with Gasteiger partial charge in [0.05, 0.1) is 17.8 Å². The summed E-state index contributed by atoms with van der Waals surface area (Å²) in [6.07, 6.45) is 0.548. The standard InChI is InChI=1S/C13H12F2N2OS2/c1-7-11(20-6-17-7)2-3-18-12-9(14)4-8(13(16)19)5-10(12)15/h4-6H,2-3H2,1H3,(H2,16,19). The van der Waals surface area contributed by atoms with Crippen molar-refractivity contribution in [2.75, 3.05) is 6.61 Å². The summed E-state index contributed by atoms with van der Waals surface area (Å²) in [4.78, 5) is 5.07. The van der Waals surface area contributed by atoms with Crippen LogP contribution in [0.15, 0.2) is 17.6 Å². The first kappa shape index (κ1) is 14.8. The molecule has 0 bridgehead atoms. The van der Waals surface area contributed by atoms with Crippen LogP contribution in [0.25, 0.3) is 0 Å². The van der Waals surface area contributed by atoms with Crippen LogP contribution in [-0.2, 0) is 6.42 Å². The Hall–Kier alpha value is -1.60. The molecule has 7 heteroatoms. The highest BCUT2D eigenvalue weighted by Crippen LogP contribution is 2.24. The van der Waals surface area contributed by atoms with E-state index in [2.05, 4.69) is 17.2 Å². The quantitative estimate of drug-likeness (QED) is 0.862. The van der Waals surface area contributed by atoms with Crippen LogP contribution in [0.4, 0.5) is 8.78 Å². The molecule has 2 rings (SSSR count). The highest BCUT2D eigenvalue weighted by Gasteiger charge is 2.14. The van der Waals surface area contributed by atoms with E-state index in [9.17, 15) is 8.78 Å². The molecule has 1 aromatic carbocycles. The van der Waals surface area contributed by atoms with E-state index in [1.54, 1.807) is 5.51 Å². The first-order valence-electron chi connectivity index (χ1n) is 5.79. The molecule has 0 aliphatic carbocycles. The van der Waals surface area contributed by atoms with Gasteiger partial charge in [-0.3, -0.25) is 0 Å². The van der Waals surface area contributed by atoms with Crippen LogP contribution in [0.2, 0.25) is 0 Å². The topological polar surface area (TPSA) is 48.1 Å². The first-order chi connectivity index (χ1) is 9.49. The highest BCUT2D eigenvalue weighted by molar-refractivity contribution is 7.80. The zero-order valence-electron chi connectivity index (χ0n) is 10.7. The van der Waals surface area contributed by atoms with Crippen LogP contribution < -0.4 is 10.5 Å². The Kier molecular flexibility index (Phi) is 4.61. The molecule has 0 unspecified atom stereocenters. The molecule has 1 aromatic heterocycles. The van der Waals surface area contributed by atoms with Crippen molar-refractivity contribution >= 4 is 28.5 Å². The van der Waals surface area contributed by atoms with Crippen LogP contribution >= 0.6 is 23.6 Å². The van der Waals surface area contributed by atoms with Crippen LogP contribution in [0.3, 0.4) is 0 Å². The van der Waals surface area contributed by atoms with Gasteiger partial charge in [-0.05, 0) is 19.1 Å². The summed E-state index contributed by atoms with van der Waals surface area (Å²) in [5, 5.41) is 0. The molecule has 20 heavy (non-hydrogen) atoms. The van der Waals surface area contributed by atoms with E-state index in [1.165, 1.54) is 11.3 Å². The molecule has 0 saturated heterocycles. The van der Waals surface area contributed by atoms with Crippen LogP contribution in [-0.4, -0.2) is 16.6 Å². The lowest BCUT2D eigenvalue weighted by atomic mass is 10.2. The monoisotopic (exact) mass is 314 g/mol. The summed E-state index contributed by atoms with van der Waals surface area (Å²) < 4.78 is 32.6. The van der Waals surface area contributed by atoms with Crippen molar-refractivity contribution in [2.24, 2.45) is 5.73 Å². The largest absolute Gasteiger partial charge is 0.487 e. The average Bonchev–Trinajstić information content (AvgIpc) is 2.78. The van der Waals surface area contributed by atoms with E-state index in [0.29, 0.717) is 6.42 Å². The normalized spacial score (nSPS) is 10.6. The molecule has 0 fully saturated rings. The predicted octanol–water partition coefficient (Wildman–Crippen LogP) is 2.99. The molecule has 0 spiro atoms. The van der Waals surface area contributed by atoms with Gasteiger partial charge in [0.25, 0.3) is 0 Å². The number of thiocarbonyl (C=S) groups is 1. The number of rotatable bonds is 5. The summed E-state index contributed by atoms with van der Waals surface area (Å²) >= 11 is 6.17. The average molecular weight is 314 g/mol. The maximum absolute atomic E-state index is 13.7. The van der Waals surface area contributed by atoms with E-state index in [4.69, 9.17) is 10.5 Å². The molecule has 0 amide bonds. The molecule has 3 nitrogen and oxygen atoms in total. The van der Waals surface area contributed by atoms with Crippen LogP contribution in [0.5, 0.6) is 5.75 Å². The number of nitrogens with zero attached hydrogens (tertiary/aromatic N) is 1. The molecule has 0 aliphatic rings. The van der Waals surface area contributed by atoms with E-state index in [1.807, 2.05) is 6.92 Å². The SMILES string of the molecule is Cc1ncsc1CCOc1c(F)cc(C(N)=S)cc1F. The molecule has 2 aromatic rings. The smallest absolute Gasteiger partial charge is 0.190 e. The second kappa shape index (κ2) is 6.23. The summed E-state index contributed by atoms with van der Waals surface area (Å²) in [5.41, 5.74) is 8.10. The van der Waals surface area contributed by atoms with E-state index in [0.717, 1.165) is 22.7 Å². The Morgan fingerprint density at radius 3 is 2.55 bits per heavy atom. The maximum atomic E-state index is 13.7. The fraction of sp³-hybridized carbons (Fsp3) is 0.231. The number of nitrogens with two attached hydrogens (primary N) is 1. The Labute approximate surface area is 124 Å². The number of aryl methyl sites for hydroxylation is 1. The summed E-state index contributed by atoms with van der Waals surface area (Å²) in [6, 6.07) is 2.14. The van der Waals surface area contributed by atoms with Gasteiger partial charge in [-0.15, -0.1) is 11.3 Å². The lowest BCUT2D eigenvalue weighted by Gasteiger charge is -2.09. The molecule has 0 radical (unpaired) electrons. The Morgan fingerprint density at radius 2 is 2.05 bits per heavy atom. The summed E-state index contributed by atoms with van der Waals surface area (Å²) in [6.45, 7) is 2.05. The molecule has 0 aliphatic heterocycles. The number of thiazole rings is 1. The number of ether oxygens (including phenoxy) is 1. The van der Waals surface area contributed by atoms with Gasteiger partial charge in [-0.1, -0.05) is 12.2 Å². The predicted molar refractivity (Wildman–Crippen MR) is 78.3 cm³/mol. The molecule has 0 saturated carbocycles. The minimum atomic E-state index is -0.811. The second-order valence-electron chi connectivity index (χ2n) is 4.09. The van der Waals surface area contributed by atoms with E-state index < -0.39 is 17.4 Å². The van der Waals surface area contributed by atoms with Gasteiger partial charge >= 0.3 is 0 Å². The van der Waals surface area contributed by atoms with Gasteiger partial charge in [0.15, 0.2) is 17.4 Å². The number of aromatic nitrogens is 1. The molecule has 2 N–H and O–H groups in total. The third-order valence-corrected chi connectivity index (χ3v) is 3.93. The van der Waals surface area contributed by atoms with E-state index >= 15 is 0 Å². The Morgan fingerprint density at radius 1 is 1.40 bits per heavy atom. The fourth-order valence-electron chi connectivity index (χ4n) is 1.65. The van der Waals surface area contributed by atoms with Gasteiger partial charge in [0.1, 0.15) is 4.99 Å². The number of hydrogen-bond acceptors (Lipinski definition) is 4.